The van der Waals surface area contributed by atoms with Crippen LogP contribution in [-0.4, -0.2) is 24.6 Å². The highest BCUT2D eigenvalue weighted by Gasteiger charge is 2.41. The van der Waals surface area contributed by atoms with Crippen LogP contribution >= 0.6 is 11.8 Å². The zero-order chi connectivity index (χ0) is 22.1. The number of hydrogen-bond acceptors (Lipinski definition) is 3. The number of anilines is 2. The van der Waals surface area contributed by atoms with Crippen LogP contribution in [-0.2, 0) is 9.59 Å². The van der Waals surface area contributed by atoms with Crippen molar-refractivity contribution in [3.05, 3.63) is 89.0 Å². The molecule has 1 fully saturated rings. The van der Waals surface area contributed by atoms with Gasteiger partial charge in [-0.15, -0.1) is 11.8 Å². The van der Waals surface area contributed by atoms with Gasteiger partial charge in [-0.3, -0.25) is 14.5 Å². The van der Waals surface area contributed by atoms with Crippen LogP contribution in [0, 0.1) is 20.8 Å². The fourth-order valence-electron chi connectivity index (χ4n) is 4.10. The first kappa shape index (κ1) is 21.2. The Morgan fingerprint density at radius 2 is 1.39 bits per heavy atom. The van der Waals surface area contributed by atoms with E-state index in [0.29, 0.717) is 0 Å². The molecule has 1 aliphatic heterocycles. The third kappa shape index (κ3) is 4.23. The Bertz CT molecular complexity index is 1100. The van der Waals surface area contributed by atoms with E-state index in [9.17, 15) is 9.59 Å². The number of rotatable bonds is 4. The molecular weight excluding hydrogens is 404 g/mol. The standard InChI is InChI=1S/C26H26N2O2S/c1-17-5-9-21(10-6-17)27-16-24(29)28(22-14-18(2)13-19(3)15-22)25(26(27)30)20-7-11-23(31-4)12-8-20/h5-15,25H,16H2,1-4H3. The average molecular weight is 431 g/mol. The second-order valence-electron chi connectivity index (χ2n) is 8.05. The van der Waals surface area contributed by atoms with Crippen molar-refractivity contribution >= 4 is 35.0 Å². The lowest BCUT2D eigenvalue weighted by Gasteiger charge is -2.40. The van der Waals surface area contributed by atoms with Crippen molar-refractivity contribution in [3.8, 4) is 0 Å². The monoisotopic (exact) mass is 430 g/mol. The number of piperazine rings is 1. The molecule has 2 amide bonds. The minimum Gasteiger partial charge on any atom is -0.301 e. The molecule has 0 aliphatic carbocycles. The molecule has 5 heteroatoms. The van der Waals surface area contributed by atoms with Crippen molar-refractivity contribution < 1.29 is 9.59 Å². The first-order chi connectivity index (χ1) is 14.9. The van der Waals surface area contributed by atoms with Crippen LogP contribution in [0.4, 0.5) is 11.4 Å². The third-order valence-corrected chi connectivity index (χ3v) is 6.33. The number of carbonyl (C=O) groups excluding carboxylic acids is 2. The Labute approximate surface area is 187 Å². The summed E-state index contributed by atoms with van der Waals surface area (Å²) in [5, 5.41) is 0. The molecule has 0 radical (unpaired) electrons. The predicted octanol–water partition coefficient (Wildman–Crippen LogP) is 5.45. The van der Waals surface area contributed by atoms with E-state index in [4.69, 9.17) is 0 Å². The molecular formula is C26H26N2O2S. The van der Waals surface area contributed by atoms with Crippen molar-refractivity contribution in [3.63, 3.8) is 0 Å². The van der Waals surface area contributed by atoms with E-state index in [-0.39, 0.29) is 18.4 Å². The Kier molecular flexibility index (Phi) is 5.88. The number of nitrogens with zero attached hydrogens (tertiary/aromatic N) is 2. The quantitative estimate of drug-likeness (QED) is 0.517. The van der Waals surface area contributed by atoms with Crippen LogP contribution in [0.5, 0.6) is 0 Å². The van der Waals surface area contributed by atoms with Gasteiger partial charge < -0.3 is 4.90 Å². The summed E-state index contributed by atoms with van der Waals surface area (Å²) in [6, 6.07) is 21.0. The van der Waals surface area contributed by atoms with Gasteiger partial charge in [-0.25, -0.2) is 0 Å². The summed E-state index contributed by atoms with van der Waals surface area (Å²) in [6.07, 6.45) is 2.02. The summed E-state index contributed by atoms with van der Waals surface area (Å²) in [5.41, 5.74) is 5.56. The Hall–Kier alpha value is -3.05. The minimum absolute atomic E-state index is 0.0221. The Morgan fingerprint density at radius 3 is 1.97 bits per heavy atom. The van der Waals surface area contributed by atoms with E-state index in [1.54, 1.807) is 21.6 Å². The van der Waals surface area contributed by atoms with Crippen molar-refractivity contribution in [2.24, 2.45) is 0 Å². The maximum absolute atomic E-state index is 13.8. The normalized spacial score (nSPS) is 16.7. The molecule has 0 N–H and O–H groups in total. The van der Waals surface area contributed by atoms with E-state index in [2.05, 4.69) is 6.07 Å². The van der Waals surface area contributed by atoms with Gasteiger partial charge in [0.05, 0.1) is 0 Å². The molecule has 3 aromatic rings. The maximum atomic E-state index is 13.8. The zero-order valence-corrected chi connectivity index (χ0v) is 19.1. The number of hydrogen-bond donors (Lipinski definition) is 0. The summed E-state index contributed by atoms with van der Waals surface area (Å²) in [7, 11) is 0. The van der Waals surface area contributed by atoms with Crippen molar-refractivity contribution in [1.29, 1.82) is 0 Å². The van der Waals surface area contributed by atoms with E-state index < -0.39 is 6.04 Å². The second-order valence-corrected chi connectivity index (χ2v) is 8.92. The molecule has 4 nitrogen and oxygen atoms in total. The molecule has 0 spiro atoms. The second kappa shape index (κ2) is 8.60. The largest absolute Gasteiger partial charge is 0.301 e. The van der Waals surface area contributed by atoms with E-state index in [1.807, 2.05) is 87.7 Å². The minimum atomic E-state index is -0.709. The fraction of sp³-hybridized carbons (Fsp3) is 0.231. The first-order valence-corrected chi connectivity index (χ1v) is 11.5. The summed E-state index contributed by atoms with van der Waals surface area (Å²) in [6.45, 7) is 6.04. The molecule has 0 aromatic heterocycles. The van der Waals surface area contributed by atoms with Gasteiger partial charge in [0, 0.05) is 16.3 Å². The van der Waals surface area contributed by atoms with Gasteiger partial charge in [0.25, 0.3) is 5.91 Å². The molecule has 31 heavy (non-hydrogen) atoms. The van der Waals surface area contributed by atoms with Gasteiger partial charge in [-0.2, -0.15) is 0 Å². The summed E-state index contributed by atoms with van der Waals surface area (Å²) in [5.74, 6) is -0.191. The van der Waals surface area contributed by atoms with Gasteiger partial charge in [0.15, 0.2) is 0 Å². The van der Waals surface area contributed by atoms with Gasteiger partial charge in [0.2, 0.25) is 5.91 Å². The number of carbonyl (C=O) groups is 2. The fourth-order valence-corrected chi connectivity index (χ4v) is 4.50. The number of benzene rings is 3. The molecule has 1 atom stereocenters. The molecule has 158 valence electrons. The molecule has 1 heterocycles. The molecule has 1 saturated heterocycles. The summed E-state index contributed by atoms with van der Waals surface area (Å²) in [4.78, 5) is 31.6. The highest BCUT2D eigenvalue weighted by atomic mass is 32.2. The van der Waals surface area contributed by atoms with E-state index in [0.717, 1.165) is 38.5 Å². The molecule has 1 unspecified atom stereocenters. The van der Waals surface area contributed by atoms with Gasteiger partial charge in [-0.1, -0.05) is 35.9 Å². The Morgan fingerprint density at radius 1 is 0.774 bits per heavy atom. The third-order valence-electron chi connectivity index (χ3n) is 5.58. The van der Waals surface area contributed by atoms with Crippen molar-refractivity contribution in [1.82, 2.24) is 0 Å². The van der Waals surface area contributed by atoms with Crippen molar-refractivity contribution in [2.45, 2.75) is 31.7 Å². The van der Waals surface area contributed by atoms with E-state index in [1.165, 1.54) is 0 Å². The molecule has 0 bridgehead atoms. The average Bonchev–Trinajstić information content (AvgIpc) is 2.75. The predicted molar refractivity (Wildman–Crippen MR) is 128 cm³/mol. The molecule has 1 aliphatic rings. The SMILES string of the molecule is CSc1ccc(C2C(=O)N(c3ccc(C)cc3)CC(=O)N2c2cc(C)cc(C)c2)cc1. The number of amides is 2. The number of thioether (sulfide) groups is 1. The highest BCUT2D eigenvalue weighted by Crippen LogP contribution is 2.36. The van der Waals surface area contributed by atoms with Gasteiger partial charge in [0.1, 0.15) is 12.6 Å². The van der Waals surface area contributed by atoms with Crippen LogP contribution in [0.2, 0.25) is 0 Å². The highest BCUT2D eigenvalue weighted by molar-refractivity contribution is 7.98. The smallest absolute Gasteiger partial charge is 0.255 e. The van der Waals surface area contributed by atoms with Crippen LogP contribution < -0.4 is 9.80 Å². The van der Waals surface area contributed by atoms with Gasteiger partial charge >= 0.3 is 0 Å². The maximum Gasteiger partial charge on any atom is 0.255 e. The lowest BCUT2D eigenvalue weighted by Crippen LogP contribution is -2.56. The topological polar surface area (TPSA) is 40.6 Å². The van der Waals surface area contributed by atoms with Crippen LogP contribution in [0.15, 0.2) is 71.6 Å². The lowest BCUT2D eigenvalue weighted by atomic mass is 9.98. The van der Waals surface area contributed by atoms with Crippen LogP contribution in [0.3, 0.4) is 0 Å². The van der Waals surface area contributed by atoms with Crippen molar-refractivity contribution in [2.75, 3.05) is 22.6 Å². The molecule has 3 aromatic carbocycles. The summed E-state index contributed by atoms with van der Waals surface area (Å²) >= 11 is 1.65. The van der Waals surface area contributed by atoms with Crippen LogP contribution in [0.1, 0.15) is 28.3 Å². The van der Waals surface area contributed by atoms with Crippen LogP contribution in [0.25, 0.3) is 0 Å². The zero-order valence-electron chi connectivity index (χ0n) is 18.3. The van der Waals surface area contributed by atoms with E-state index >= 15 is 0 Å². The summed E-state index contributed by atoms with van der Waals surface area (Å²) < 4.78 is 0. The molecule has 4 rings (SSSR count). The number of aryl methyl sites for hydroxylation is 3. The lowest BCUT2D eigenvalue weighted by molar-refractivity contribution is -0.128. The van der Waals surface area contributed by atoms with Gasteiger partial charge in [-0.05, 0) is 80.1 Å². The molecule has 0 saturated carbocycles. The first-order valence-electron chi connectivity index (χ1n) is 10.3. The Balaban J connectivity index is 1.82.